The van der Waals surface area contributed by atoms with E-state index in [1.165, 1.54) is 6.07 Å². The highest BCUT2D eigenvalue weighted by molar-refractivity contribution is 5.89. The molecular formula is C15H16F2N4O. The molecule has 1 aromatic carbocycles. The van der Waals surface area contributed by atoms with Crippen molar-refractivity contribution in [1.29, 1.82) is 0 Å². The van der Waals surface area contributed by atoms with Gasteiger partial charge in [-0.1, -0.05) is 13.8 Å². The predicted molar refractivity (Wildman–Crippen MR) is 79.8 cm³/mol. The van der Waals surface area contributed by atoms with Gasteiger partial charge in [-0.05, 0) is 30.2 Å². The minimum Gasteiger partial charge on any atom is -0.339 e. The van der Waals surface area contributed by atoms with E-state index in [2.05, 4.69) is 20.8 Å². The Morgan fingerprint density at radius 3 is 2.36 bits per heavy atom. The lowest BCUT2D eigenvalue weighted by Crippen LogP contribution is -2.15. The number of anilines is 3. The summed E-state index contributed by atoms with van der Waals surface area (Å²) in [6.45, 7) is 3.89. The molecular weight excluding hydrogens is 290 g/mol. The van der Waals surface area contributed by atoms with Crippen molar-refractivity contribution in [1.82, 2.24) is 10.2 Å². The standard InChI is InChI=1S/C15H16F2N4O/c1-9(2)7-15(22)19-14-6-5-13(20-21-14)18-10-3-4-11(16)12(17)8-10/h3-6,8-9H,7H2,1-2H3,(H,18,20)(H,19,21,22). The zero-order valence-electron chi connectivity index (χ0n) is 12.2. The summed E-state index contributed by atoms with van der Waals surface area (Å²) in [5.41, 5.74) is 0.352. The Bertz CT molecular complexity index is 659. The van der Waals surface area contributed by atoms with Crippen LogP contribution in [0.3, 0.4) is 0 Å². The highest BCUT2D eigenvalue weighted by atomic mass is 19.2. The third-order valence-electron chi connectivity index (χ3n) is 2.72. The number of benzene rings is 1. The van der Waals surface area contributed by atoms with E-state index in [-0.39, 0.29) is 11.8 Å². The molecule has 0 aliphatic heterocycles. The second kappa shape index (κ2) is 6.93. The minimum absolute atomic E-state index is 0.134. The molecule has 0 bridgehead atoms. The molecule has 1 amide bonds. The molecule has 22 heavy (non-hydrogen) atoms. The van der Waals surface area contributed by atoms with Crippen LogP contribution >= 0.6 is 0 Å². The van der Waals surface area contributed by atoms with Gasteiger partial charge >= 0.3 is 0 Å². The Morgan fingerprint density at radius 1 is 1.09 bits per heavy atom. The third-order valence-corrected chi connectivity index (χ3v) is 2.72. The molecule has 0 radical (unpaired) electrons. The highest BCUT2D eigenvalue weighted by Gasteiger charge is 2.07. The first-order valence-electron chi connectivity index (χ1n) is 6.79. The molecule has 1 aromatic heterocycles. The van der Waals surface area contributed by atoms with Crippen molar-refractivity contribution in [3.8, 4) is 0 Å². The van der Waals surface area contributed by atoms with Gasteiger partial charge in [0.15, 0.2) is 23.3 Å². The molecule has 0 fully saturated rings. The van der Waals surface area contributed by atoms with E-state index in [0.29, 0.717) is 23.7 Å². The quantitative estimate of drug-likeness (QED) is 0.887. The fourth-order valence-electron chi connectivity index (χ4n) is 1.75. The van der Waals surface area contributed by atoms with E-state index in [9.17, 15) is 13.6 Å². The summed E-state index contributed by atoms with van der Waals surface area (Å²) in [6, 6.07) is 6.59. The van der Waals surface area contributed by atoms with Crippen molar-refractivity contribution >= 4 is 23.2 Å². The van der Waals surface area contributed by atoms with Crippen molar-refractivity contribution in [2.75, 3.05) is 10.6 Å². The number of carbonyl (C=O) groups is 1. The summed E-state index contributed by atoms with van der Waals surface area (Å²) in [7, 11) is 0. The fourth-order valence-corrected chi connectivity index (χ4v) is 1.75. The van der Waals surface area contributed by atoms with Gasteiger partial charge in [0.1, 0.15) is 0 Å². The third kappa shape index (κ3) is 4.47. The topological polar surface area (TPSA) is 66.9 Å². The summed E-state index contributed by atoms with van der Waals surface area (Å²) in [5.74, 6) is -1.06. The van der Waals surface area contributed by atoms with Gasteiger partial charge in [0.2, 0.25) is 5.91 Å². The van der Waals surface area contributed by atoms with Crippen molar-refractivity contribution in [2.45, 2.75) is 20.3 Å². The summed E-state index contributed by atoms with van der Waals surface area (Å²) in [5, 5.41) is 13.1. The smallest absolute Gasteiger partial charge is 0.225 e. The largest absolute Gasteiger partial charge is 0.339 e. The molecule has 116 valence electrons. The first-order chi connectivity index (χ1) is 10.4. The normalized spacial score (nSPS) is 10.6. The molecule has 0 aliphatic carbocycles. The fraction of sp³-hybridized carbons (Fsp3) is 0.267. The SMILES string of the molecule is CC(C)CC(=O)Nc1ccc(Nc2ccc(F)c(F)c2)nn1. The summed E-state index contributed by atoms with van der Waals surface area (Å²) in [6.07, 6.45) is 0.399. The van der Waals surface area contributed by atoms with Crippen LogP contribution in [-0.2, 0) is 4.79 Å². The minimum atomic E-state index is -0.949. The maximum Gasteiger partial charge on any atom is 0.225 e. The average Bonchev–Trinajstić information content (AvgIpc) is 2.44. The zero-order valence-corrected chi connectivity index (χ0v) is 12.2. The van der Waals surface area contributed by atoms with Crippen molar-refractivity contribution in [3.63, 3.8) is 0 Å². The number of nitrogens with one attached hydrogen (secondary N) is 2. The number of aromatic nitrogens is 2. The van der Waals surface area contributed by atoms with Crippen molar-refractivity contribution in [2.24, 2.45) is 5.92 Å². The number of nitrogens with zero attached hydrogens (tertiary/aromatic N) is 2. The van der Waals surface area contributed by atoms with Gasteiger partial charge < -0.3 is 10.6 Å². The molecule has 0 saturated heterocycles. The first kappa shape index (κ1) is 15.8. The maximum atomic E-state index is 13.1. The van der Waals surface area contributed by atoms with E-state index >= 15 is 0 Å². The van der Waals surface area contributed by atoms with Gasteiger partial charge in [0.05, 0.1) is 0 Å². The molecule has 1 heterocycles. The predicted octanol–water partition coefficient (Wildman–Crippen LogP) is 3.48. The lowest BCUT2D eigenvalue weighted by Gasteiger charge is -2.08. The second-order valence-corrected chi connectivity index (χ2v) is 5.20. The van der Waals surface area contributed by atoms with Crippen LogP contribution in [0.25, 0.3) is 0 Å². The number of carbonyl (C=O) groups excluding carboxylic acids is 1. The Morgan fingerprint density at radius 2 is 1.77 bits per heavy atom. The van der Waals surface area contributed by atoms with Gasteiger partial charge in [-0.2, -0.15) is 0 Å². The number of amides is 1. The average molecular weight is 306 g/mol. The Balaban J connectivity index is 1.99. The zero-order chi connectivity index (χ0) is 16.1. The van der Waals surface area contributed by atoms with E-state index in [4.69, 9.17) is 0 Å². The molecule has 0 atom stereocenters. The molecule has 0 aliphatic rings. The Kier molecular flexibility index (Phi) is 4.98. The van der Waals surface area contributed by atoms with Gasteiger partial charge in [0, 0.05) is 18.2 Å². The van der Waals surface area contributed by atoms with Gasteiger partial charge in [-0.15, -0.1) is 10.2 Å². The summed E-state index contributed by atoms with van der Waals surface area (Å²) >= 11 is 0. The molecule has 7 heteroatoms. The first-order valence-corrected chi connectivity index (χ1v) is 6.79. The van der Waals surface area contributed by atoms with E-state index in [0.717, 1.165) is 12.1 Å². The van der Waals surface area contributed by atoms with Gasteiger partial charge in [0.25, 0.3) is 0 Å². The number of hydrogen-bond acceptors (Lipinski definition) is 4. The Labute approximate surface area is 126 Å². The number of rotatable bonds is 5. The molecule has 2 aromatic rings. The molecule has 5 nitrogen and oxygen atoms in total. The highest BCUT2D eigenvalue weighted by Crippen LogP contribution is 2.17. The van der Waals surface area contributed by atoms with E-state index in [1.54, 1.807) is 12.1 Å². The van der Waals surface area contributed by atoms with Crippen LogP contribution in [-0.4, -0.2) is 16.1 Å². The number of hydrogen-bond donors (Lipinski definition) is 2. The van der Waals surface area contributed by atoms with Crippen LogP contribution < -0.4 is 10.6 Å². The molecule has 0 saturated carbocycles. The van der Waals surface area contributed by atoms with Crippen LogP contribution in [0.2, 0.25) is 0 Å². The Hall–Kier alpha value is -2.57. The summed E-state index contributed by atoms with van der Waals surface area (Å²) in [4.78, 5) is 11.6. The molecule has 2 N–H and O–H groups in total. The van der Waals surface area contributed by atoms with Crippen LogP contribution in [0.1, 0.15) is 20.3 Å². The molecule has 0 spiro atoms. The van der Waals surface area contributed by atoms with Crippen LogP contribution in [0, 0.1) is 17.6 Å². The second-order valence-electron chi connectivity index (χ2n) is 5.20. The maximum absolute atomic E-state index is 13.1. The molecule has 0 unspecified atom stereocenters. The van der Waals surface area contributed by atoms with Crippen LogP contribution in [0.15, 0.2) is 30.3 Å². The van der Waals surface area contributed by atoms with Crippen molar-refractivity contribution in [3.05, 3.63) is 42.0 Å². The van der Waals surface area contributed by atoms with E-state index < -0.39 is 11.6 Å². The lowest BCUT2D eigenvalue weighted by atomic mass is 10.1. The van der Waals surface area contributed by atoms with Crippen molar-refractivity contribution < 1.29 is 13.6 Å². The van der Waals surface area contributed by atoms with Gasteiger partial charge in [-0.25, -0.2) is 8.78 Å². The lowest BCUT2D eigenvalue weighted by molar-refractivity contribution is -0.116. The van der Waals surface area contributed by atoms with Crippen LogP contribution in [0.4, 0.5) is 26.1 Å². The number of halogens is 2. The summed E-state index contributed by atoms with van der Waals surface area (Å²) < 4.78 is 25.9. The monoisotopic (exact) mass is 306 g/mol. The van der Waals surface area contributed by atoms with Crippen LogP contribution in [0.5, 0.6) is 0 Å². The van der Waals surface area contributed by atoms with E-state index in [1.807, 2.05) is 13.8 Å². The molecule has 2 rings (SSSR count). The van der Waals surface area contributed by atoms with Gasteiger partial charge in [-0.3, -0.25) is 4.79 Å².